The van der Waals surface area contributed by atoms with Crippen molar-refractivity contribution in [2.75, 3.05) is 19.6 Å². The van der Waals surface area contributed by atoms with Gasteiger partial charge in [0.1, 0.15) is 0 Å². The zero-order valence-corrected chi connectivity index (χ0v) is 13.5. The highest BCUT2D eigenvalue weighted by Gasteiger charge is 2.22. The molecule has 0 atom stereocenters. The van der Waals surface area contributed by atoms with Gasteiger partial charge in [0.2, 0.25) is 0 Å². The van der Waals surface area contributed by atoms with Crippen molar-refractivity contribution in [1.29, 1.82) is 0 Å². The Morgan fingerprint density at radius 3 is 2.58 bits per heavy atom. The third-order valence-electron chi connectivity index (χ3n) is 3.79. The van der Waals surface area contributed by atoms with E-state index in [2.05, 4.69) is 43.3 Å². The molecule has 1 N–H and O–H groups in total. The summed E-state index contributed by atoms with van der Waals surface area (Å²) in [6.45, 7) is 13.4. The molecule has 1 aliphatic heterocycles. The summed E-state index contributed by atoms with van der Waals surface area (Å²) in [4.78, 5) is 7.41. The van der Waals surface area contributed by atoms with Crippen LogP contribution in [0.2, 0.25) is 0 Å². The predicted octanol–water partition coefficient (Wildman–Crippen LogP) is 3.01. The smallest absolute Gasteiger partial charge is 0.0982 e. The second-order valence-corrected chi connectivity index (χ2v) is 7.30. The maximum absolute atomic E-state index is 4.83. The minimum atomic E-state index is 0.175. The van der Waals surface area contributed by atoms with E-state index in [9.17, 15) is 0 Å². The highest BCUT2D eigenvalue weighted by molar-refractivity contribution is 7.09. The van der Waals surface area contributed by atoms with E-state index in [1.165, 1.54) is 23.5 Å². The first-order valence-corrected chi connectivity index (χ1v) is 8.28. The highest BCUT2D eigenvalue weighted by atomic mass is 32.1. The molecule has 0 aliphatic carbocycles. The first-order chi connectivity index (χ1) is 9.00. The van der Waals surface area contributed by atoms with Crippen LogP contribution in [-0.4, -0.2) is 35.6 Å². The van der Waals surface area contributed by atoms with E-state index in [0.717, 1.165) is 32.2 Å². The van der Waals surface area contributed by atoms with Crippen LogP contribution in [0.15, 0.2) is 5.38 Å². The number of thiazole rings is 1. The van der Waals surface area contributed by atoms with Crippen molar-refractivity contribution < 1.29 is 0 Å². The van der Waals surface area contributed by atoms with Crippen LogP contribution >= 0.6 is 11.3 Å². The molecule has 1 saturated heterocycles. The van der Waals surface area contributed by atoms with E-state index in [0.29, 0.717) is 0 Å². The molecule has 108 valence electrons. The molecule has 1 aliphatic rings. The predicted molar refractivity (Wildman–Crippen MR) is 82.8 cm³/mol. The van der Waals surface area contributed by atoms with Gasteiger partial charge in [-0.2, -0.15) is 0 Å². The van der Waals surface area contributed by atoms with Gasteiger partial charge >= 0.3 is 0 Å². The van der Waals surface area contributed by atoms with Crippen LogP contribution in [0.5, 0.6) is 0 Å². The van der Waals surface area contributed by atoms with Crippen molar-refractivity contribution in [3.63, 3.8) is 0 Å². The normalized spacial score (nSPS) is 18.2. The summed E-state index contributed by atoms with van der Waals surface area (Å²) in [6, 6.07) is 0.728. The van der Waals surface area contributed by atoms with Gasteiger partial charge < -0.3 is 5.32 Å². The number of nitrogens with one attached hydrogen (secondary N) is 1. The molecular weight excluding hydrogens is 254 g/mol. The minimum Gasteiger partial charge on any atom is -0.317 e. The van der Waals surface area contributed by atoms with E-state index in [1.807, 2.05) is 0 Å². The monoisotopic (exact) mass is 281 g/mol. The van der Waals surface area contributed by atoms with Crippen LogP contribution in [-0.2, 0) is 12.0 Å². The number of hydrogen-bond donors (Lipinski definition) is 1. The van der Waals surface area contributed by atoms with Gasteiger partial charge in [0, 0.05) is 23.4 Å². The lowest BCUT2D eigenvalue weighted by atomic mass is 9.98. The van der Waals surface area contributed by atoms with Crippen molar-refractivity contribution in [3.05, 3.63) is 16.1 Å². The van der Waals surface area contributed by atoms with Crippen LogP contribution in [0, 0.1) is 0 Å². The van der Waals surface area contributed by atoms with Gasteiger partial charge in [-0.15, -0.1) is 11.3 Å². The van der Waals surface area contributed by atoms with E-state index < -0.39 is 0 Å². The second-order valence-electron chi connectivity index (χ2n) is 6.44. The molecule has 1 fully saturated rings. The van der Waals surface area contributed by atoms with Crippen molar-refractivity contribution in [1.82, 2.24) is 15.2 Å². The molecule has 2 rings (SSSR count). The summed E-state index contributed by atoms with van der Waals surface area (Å²) in [5.41, 5.74) is 1.42. The molecule has 19 heavy (non-hydrogen) atoms. The highest BCUT2D eigenvalue weighted by Crippen LogP contribution is 2.26. The van der Waals surface area contributed by atoms with Gasteiger partial charge in [-0.05, 0) is 32.5 Å². The Hall–Kier alpha value is -0.450. The molecule has 1 aromatic rings. The Bertz CT molecular complexity index is 388. The molecule has 0 radical (unpaired) electrons. The maximum atomic E-state index is 4.83. The summed E-state index contributed by atoms with van der Waals surface area (Å²) >= 11 is 1.81. The molecule has 4 heteroatoms. The first-order valence-electron chi connectivity index (χ1n) is 7.40. The Morgan fingerprint density at radius 2 is 2.05 bits per heavy atom. The number of hydrogen-bond acceptors (Lipinski definition) is 4. The van der Waals surface area contributed by atoms with Gasteiger partial charge in [-0.1, -0.05) is 27.7 Å². The fourth-order valence-electron chi connectivity index (χ4n) is 2.60. The second kappa shape index (κ2) is 6.33. The largest absolute Gasteiger partial charge is 0.317 e. The van der Waals surface area contributed by atoms with Crippen LogP contribution < -0.4 is 5.32 Å². The van der Waals surface area contributed by atoms with Crippen LogP contribution in [0.3, 0.4) is 0 Å². The Balaban J connectivity index is 1.99. The van der Waals surface area contributed by atoms with Crippen LogP contribution in [0.4, 0.5) is 0 Å². The van der Waals surface area contributed by atoms with Crippen molar-refractivity contribution >= 4 is 11.3 Å². The third kappa shape index (κ3) is 4.01. The lowest BCUT2D eigenvalue weighted by Gasteiger charge is -2.33. The zero-order valence-electron chi connectivity index (χ0n) is 12.7. The fraction of sp³-hybridized carbons (Fsp3) is 0.800. The summed E-state index contributed by atoms with van der Waals surface area (Å²) < 4.78 is 0. The fourth-order valence-corrected chi connectivity index (χ4v) is 3.50. The minimum absolute atomic E-state index is 0.175. The van der Waals surface area contributed by atoms with Gasteiger partial charge in [0.25, 0.3) is 0 Å². The Labute approximate surface area is 121 Å². The number of piperidine rings is 1. The standard InChI is InChI=1S/C15H27N3S/c1-5-18(13-6-8-16-9-7-13)10-12-11-19-14(17-12)15(2,3)4/h11,13,16H,5-10H2,1-4H3. The number of nitrogens with zero attached hydrogens (tertiary/aromatic N) is 2. The SMILES string of the molecule is CCN(Cc1csc(C(C)(C)C)n1)C1CCNCC1. The van der Waals surface area contributed by atoms with Crippen molar-refractivity contribution in [3.8, 4) is 0 Å². The summed E-state index contributed by atoms with van der Waals surface area (Å²) in [5, 5.41) is 6.94. The molecular formula is C15H27N3S. The van der Waals surface area contributed by atoms with E-state index in [-0.39, 0.29) is 5.41 Å². The van der Waals surface area contributed by atoms with Gasteiger partial charge in [0.15, 0.2) is 0 Å². The summed E-state index contributed by atoms with van der Waals surface area (Å²) in [7, 11) is 0. The molecule has 0 bridgehead atoms. The quantitative estimate of drug-likeness (QED) is 0.919. The van der Waals surface area contributed by atoms with E-state index >= 15 is 0 Å². The van der Waals surface area contributed by atoms with Crippen molar-refractivity contribution in [2.24, 2.45) is 0 Å². The lowest BCUT2D eigenvalue weighted by Crippen LogP contribution is -2.42. The molecule has 0 spiro atoms. The molecule has 0 aromatic carbocycles. The third-order valence-corrected chi connectivity index (χ3v) is 5.11. The summed E-state index contributed by atoms with van der Waals surface area (Å²) in [5.74, 6) is 0. The average Bonchev–Trinajstić information content (AvgIpc) is 2.85. The van der Waals surface area contributed by atoms with Crippen LogP contribution in [0.1, 0.15) is 51.2 Å². The van der Waals surface area contributed by atoms with Gasteiger partial charge in [-0.25, -0.2) is 4.98 Å². The molecule has 0 amide bonds. The molecule has 0 saturated carbocycles. The van der Waals surface area contributed by atoms with E-state index in [4.69, 9.17) is 4.98 Å². The maximum Gasteiger partial charge on any atom is 0.0982 e. The van der Waals surface area contributed by atoms with Gasteiger partial charge in [0.05, 0.1) is 10.7 Å². The first kappa shape index (κ1) is 14.9. The Kier molecular flexibility index (Phi) is 4.98. The molecule has 3 nitrogen and oxygen atoms in total. The molecule has 2 heterocycles. The van der Waals surface area contributed by atoms with Crippen molar-refractivity contribution in [2.45, 2.75) is 58.5 Å². The number of aromatic nitrogens is 1. The van der Waals surface area contributed by atoms with E-state index in [1.54, 1.807) is 11.3 Å². The number of rotatable bonds is 4. The topological polar surface area (TPSA) is 28.2 Å². The molecule has 1 aromatic heterocycles. The van der Waals surface area contributed by atoms with Gasteiger partial charge in [-0.3, -0.25) is 4.90 Å². The zero-order chi connectivity index (χ0) is 13.9. The molecule has 0 unspecified atom stereocenters. The average molecular weight is 281 g/mol. The Morgan fingerprint density at radius 1 is 1.37 bits per heavy atom. The lowest BCUT2D eigenvalue weighted by molar-refractivity contribution is 0.160. The summed E-state index contributed by atoms with van der Waals surface area (Å²) in [6.07, 6.45) is 2.54. The van der Waals surface area contributed by atoms with Crippen LogP contribution in [0.25, 0.3) is 0 Å².